The highest BCUT2D eigenvalue weighted by atomic mass is 16.5. The minimum Gasteiger partial charge on any atom is -0.493 e. The molecule has 0 aliphatic heterocycles. The van der Waals surface area contributed by atoms with Crippen LogP contribution in [0.5, 0.6) is 11.5 Å². The lowest BCUT2D eigenvalue weighted by atomic mass is 10.1. The van der Waals surface area contributed by atoms with E-state index in [0.29, 0.717) is 23.6 Å². The third kappa shape index (κ3) is 4.63. The second kappa shape index (κ2) is 7.01. The minimum absolute atomic E-state index is 0.163. The summed E-state index contributed by atoms with van der Waals surface area (Å²) in [5.74, 6) is 1.13. The molecule has 1 amide bonds. The zero-order chi connectivity index (χ0) is 16.2. The first-order valence-corrected chi connectivity index (χ1v) is 7.81. The van der Waals surface area contributed by atoms with Gasteiger partial charge in [-0.2, -0.15) is 0 Å². The molecule has 0 spiro atoms. The third-order valence-corrected chi connectivity index (χ3v) is 3.73. The lowest BCUT2D eigenvalue weighted by Crippen LogP contribution is -2.45. The van der Waals surface area contributed by atoms with Crippen LogP contribution >= 0.6 is 0 Å². The smallest absolute Gasteiger partial charge is 0.251 e. The number of carbonyl (C=O) groups is 1. The molecule has 5 heteroatoms. The van der Waals surface area contributed by atoms with Crippen LogP contribution in [0.4, 0.5) is 0 Å². The lowest BCUT2D eigenvalue weighted by Gasteiger charge is -2.19. The first-order chi connectivity index (χ1) is 10.4. The van der Waals surface area contributed by atoms with Crippen molar-refractivity contribution in [3.8, 4) is 11.5 Å². The number of rotatable bonds is 6. The molecule has 0 atom stereocenters. The normalized spacial score (nSPS) is 15.6. The molecule has 1 aromatic carbocycles. The summed E-state index contributed by atoms with van der Waals surface area (Å²) < 4.78 is 11.3. The molecule has 1 aliphatic carbocycles. The molecule has 1 saturated carbocycles. The van der Waals surface area contributed by atoms with E-state index in [9.17, 15) is 4.79 Å². The summed E-state index contributed by atoms with van der Waals surface area (Å²) in [5, 5.41) is 2.82. The summed E-state index contributed by atoms with van der Waals surface area (Å²) in [6.45, 7) is 4.15. The van der Waals surface area contributed by atoms with Crippen molar-refractivity contribution >= 4 is 5.91 Å². The highest BCUT2D eigenvalue weighted by molar-refractivity contribution is 5.94. The Morgan fingerprint density at radius 2 is 2.00 bits per heavy atom. The zero-order valence-corrected chi connectivity index (χ0v) is 13.6. The SMILES string of the molecule is COc1cc(C(=O)NCC(C)(C)N)ccc1OC1CCCC1. The number of methoxy groups -OCH3 is 1. The van der Waals surface area contributed by atoms with Crippen LogP contribution in [-0.2, 0) is 0 Å². The summed E-state index contributed by atoms with van der Waals surface area (Å²) in [6, 6.07) is 5.27. The molecule has 0 heterocycles. The molecule has 0 bridgehead atoms. The van der Waals surface area contributed by atoms with Crippen molar-refractivity contribution in [2.45, 2.75) is 51.2 Å². The maximum atomic E-state index is 12.2. The van der Waals surface area contributed by atoms with E-state index in [1.54, 1.807) is 25.3 Å². The Labute approximate surface area is 132 Å². The molecule has 0 radical (unpaired) electrons. The number of hydrogen-bond acceptors (Lipinski definition) is 4. The molecule has 0 unspecified atom stereocenters. The fraction of sp³-hybridized carbons (Fsp3) is 0.588. The van der Waals surface area contributed by atoms with E-state index in [0.717, 1.165) is 12.8 Å². The van der Waals surface area contributed by atoms with Crippen molar-refractivity contribution in [2.24, 2.45) is 5.73 Å². The first-order valence-electron chi connectivity index (χ1n) is 7.81. The molecule has 1 fully saturated rings. The van der Waals surface area contributed by atoms with E-state index < -0.39 is 5.54 Å². The molecule has 5 nitrogen and oxygen atoms in total. The van der Waals surface area contributed by atoms with Crippen LogP contribution < -0.4 is 20.5 Å². The maximum Gasteiger partial charge on any atom is 0.251 e. The number of carbonyl (C=O) groups excluding carboxylic acids is 1. The molecular weight excluding hydrogens is 280 g/mol. The summed E-state index contributed by atoms with van der Waals surface area (Å²) in [4.78, 5) is 12.2. The van der Waals surface area contributed by atoms with Gasteiger partial charge in [0.2, 0.25) is 0 Å². The van der Waals surface area contributed by atoms with Crippen molar-refractivity contribution in [3.05, 3.63) is 23.8 Å². The Balaban J connectivity index is 2.05. The molecule has 3 N–H and O–H groups in total. The van der Waals surface area contributed by atoms with E-state index in [-0.39, 0.29) is 12.0 Å². The van der Waals surface area contributed by atoms with Crippen LogP contribution in [0, 0.1) is 0 Å². The third-order valence-electron chi connectivity index (χ3n) is 3.73. The highest BCUT2D eigenvalue weighted by Gasteiger charge is 2.20. The predicted octanol–water partition coefficient (Wildman–Crippen LogP) is 2.48. The number of ether oxygens (including phenoxy) is 2. The molecule has 2 rings (SSSR count). The zero-order valence-electron chi connectivity index (χ0n) is 13.6. The van der Waals surface area contributed by atoms with Gasteiger partial charge in [-0.25, -0.2) is 0 Å². The molecular formula is C17H26N2O3. The van der Waals surface area contributed by atoms with E-state index in [1.807, 2.05) is 13.8 Å². The fourth-order valence-corrected chi connectivity index (χ4v) is 2.50. The Hall–Kier alpha value is -1.75. The summed E-state index contributed by atoms with van der Waals surface area (Å²) in [7, 11) is 1.58. The number of amides is 1. The van der Waals surface area contributed by atoms with Gasteiger partial charge >= 0.3 is 0 Å². The fourth-order valence-electron chi connectivity index (χ4n) is 2.50. The van der Waals surface area contributed by atoms with E-state index in [2.05, 4.69) is 5.32 Å². The average molecular weight is 306 g/mol. The average Bonchev–Trinajstić information content (AvgIpc) is 2.97. The molecule has 0 aromatic heterocycles. The van der Waals surface area contributed by atoms with E-state index in [4.69, 9.17) is 15.2 Å². The number of nitrogens with one attached hydrogen (secondary N) is 1. The van der Waals surface area contributed by atoms with Crippen LogP contribution in [0.15, 0.2) is 18.2 Å². The maximum absolute atomic E-state index is 12.2. The molecule has 122 valence electrons. The van der Waals surface area contributed by atoms with Gasteiger partial charge in [-0.1, -0.05) is 0 Å². The van der Waals surface area contributed by atoms with Crippen LogP contribution in [0.2, 0.25) is 0 Å². The van der Waals surface area contributed by atoms with Crippen LogP contribution in [-0.4, -0.2) is 31.2 Å². The predicted molar refractivity (Wildman–Crippen MR) is 86.5 cm³/mol. The highest BCUT2D eigenvalue weighted by Crippen LogP contribution is 2.32. The van der Waals surface area contributed by atoms with E-state index in [1.165, 1.54) is 12.8 Å². The standard InChI is InChI=1S/C17H26N2O3/c1-17(2,18)11-19-16(20)12-8-9-14(15(10-12)21-3)22-13-6-4-5-7-13/h8-10,13H,4-7,11,18H2,1-3H3,(H,19,20). The van der Waals surface area contributed by atoms with Crippen molar-refractivity contribution in [1.82, 2.24) is 5.32 Å². The molecule has 22 heavy (non-hydrogen) atoms. The van der Waals surface area contributed by atoms with E-state index >= 15 is 0 Å². The van der Waals surface area contributed by atoms with Crippen molar-refractivity contribution < 1.29 is 14.3 Å². The Morgan fingerprint density at radius 1 is 1.32 bits per heavy atom. The van der Waals surface area contributed by atoms with Gasteiger partial charge in [0.05, 0.1) is 13.2 Å². The molecule has 0 saturated heterocycles. The monoisotopic (exact) mass is 306 g/mol. The van der Waals surface area contributed by atoms with Crippen LogP contribution in [0.25, 0.3) is 0 Å². The number of hydrogen-bond donors (Lipinski definition) is 2. The second-order valence-corrected chi connectivity index (χ2v) is 6.56. The number of benzene rings is 1. The van der Waals surface area contributed by atoms with Gasteiger partial charge in [-0.05, 0) is 57.7 Å². The van der Waals surface area contributed by atoms with Crippen molar-refractivity contribution in [3.63, 3.8) is 0 Å². The van der Waals surface area contributed by atoms with Gasteiger partial charge in [0.1, 0.15) is 0 Å². The van der Waals surface area contributed by atoms with Crippen LogP contribution in [0.1, 0.15) is 49.9 Å². The van der Waals surface area contributed by atoms with Crippen LogP contribution in [0.3, 0.4) is 0 Å². The Morgan fingerprint density at radius 3 is 2.59 bits per heavy atom. The second-order valence-electron chi connectivity index (χ2n) is 6.56. The Bertz CT molecular complexity index is 517. The molecule has 1 aromatic rings. The van der Waals surface area contributed by atoms with Gasteiger partial charge in [0, 0.05) is 17.6 Å². The Kier molecular flexibility index (Phi) is 5.29. The summed E-state index contributed by atoms with van der Waals surface area (Å²) in [6.07, 6.45) is 4.84. The van der Waals surface area contributed by atoms with Gasteiger partial charge in [0.15, 0.2) is 11.5 Å². The van der Waals surface area contributed by atoms with Crippen molar-refractivity contribution in [1.29, 1.82) is 0 Å². The summed E-state index contributed by atoms with van der Waals surface area (Å²) in [5.41, 5.74) is 5.98. The van der Waals surface area contributed by atoms with Gasteiger partial charge in [-0.3, -0.25) is 4.79 Å². The minimum atomic E-state index is -0.439. The van der Waals surface area contributed by atoms with Crippen molar-refractivity contribution in [2.75, 3.05) is 13.7 Å². The van der Waals surface area contributed by atoms with Gasteiger partial charge in [0.25, 0.3) is 5.91 Å². The molecule has 1 aliphatic rings. The van der Waals surface area contributed by atoms with Gasteiger partial charge < -0.3 is 20.5 Å². The topological polar surface area (TPSA) is 73.6 Å². The first kappa shape index (κ1) is 16.6. The number of nitrogens with two attached hydrogens (primary N) is 1. The lowest BCUT2D eigenvalue weighted by molar-refractivity contribution is 0.0945. The van der Waals surface area contributed by atoms with Gasteiger partial charge in [-0.15, -0.1) is 0 Å². The quantitative estimate of drug-likeness (QED) is 0.847. The summed E-state index contributed by atoms with van der Waals surface area (Å²) >= 11 is 0. The largest absolute Gasteiger partial charge is 0.493 e.